The van der Waals surface area contributed by atoms with Crippen molar-refractivity contribution in [3.63, 3.8) is 0 Å². The van der Waals surface area contributed by atoms with Gasteiger partial charge in [0.05, 0.1) is 12.5 Å². The molecule has 0 aliphatic carbocycles. The molecule has 1 aliphatic rings. The number of methoxy groups -OCH3 is 1. The standard InChI is InChI=1S/C7H13NO3/c1-11-6-2-5(8-4-6)3-7(9)10/h5-6,8H,2-4H2,1H3,(H,9,10). The number of carboxylic acids is 1. The van der Waals surface area contributed by atoms with Gasteiger partial charge in [-0.05, 0) is 6.42 Å². The molecule has 0 aromatic carbocycles. The maximum absolute atomic E-state index is 10.3. The molecule has 4 nitrogen and oxygen atoms in total. The van der Waals surface area contributed by atoms with E-state index in [2.05, 4.69) is 5.32 Å². The van der Waals surface area contributed by atoms with Crippen LogP contribution < -0.4 is 5.32 Å². The van der Waals surface area contributed by atoms with Gasteiger partial charge in [0.25, 0.3) is 0 Å². The van der Waals surface area contributed by atoms with E-state index in [1.807, 2.05) is 0 Å². The summed E-state index contributed by atoms with van der Waals surface area (Å²) in [5.41, 5.74) is 0. The van der Waals surface area contributed by atoms with Crippen LogP contribution in [0.1, 0.15) is 12.8 Å². The van der Waals surface area contributed by atoms with Gasteiger partial charge in [-0.2, -0.15) is 0 Å². The minimum absolute atomic E-state index is 0.0949. The normalized spacial score (nSPS) is 30.6. The molecule has 0 spiro atoms. The Kier molecular flexibility index (Phi) is 2.84. The number of carboxylic acid groups (broad SMARTS) is 1. The van der Waals surface area contributed by atoms with Crippen molar-refractivity contribution in [1.82, 2.24) is 5.32 Å². The Bertz CT molecular complexity index is 149. The lowest BCUT2D eigenvalue weighted by atomic mass is 10.1. The maximum Gasteiger partial charge on any atom is 0.304 e. The van der Waals surface area contributed by atoms with E-state index in [0.29, 0.717) is 0 Å². The van der Waals surface area contributed by atoms with Crippen molar-refractivity contribution >= 4 is 5.97 Å². The van der Waals surface area contributed by atoms with E-state index in [1.165, 1.54) is 0 Å². The minimum atomic E-state index is -0.751. The molecule has 1 saturated heterocycles. The molecule has 4 heteroatoms. The third-order valence-electron chi connectivity index (χ3n) is 1.94. The molecular weight excluding hydrogens is 146 g/mol. The molecule has 64 valence electrons. The average Bonchev–Trinajstić information content (AvgIpc) is 2.34. The Morgan fingerprint density at radius 3 is 3.00 bits per heavy atom. The predicted octanol–water partition coefficient (Wildman–Crippen LogP) is -0.162. The summed E-state index contributed by atoms with van der Waals surface area (Å²) < 4.78 is 5.07. The van der Waals surface area contributed by atoms with Crippen molar-refractivity contribution < 1.29 is 14.6 Å². The first kappa shape index (κ1) is 8.49. The molecule has 1 fully saturated rings. The molecule has 11 heavy (non-hydrogen) atoms. The smallest absolute Gasteiger partial charge is 0.304 e. The van der Waals surface area contributed by atoms with Gasteiger partial charge in [-0.15, -0.1) is 0 Å². The van der Waals surface area contributed by atoms with Crippen molar-refractivity contribution in [3.8, 4) is 0 Å². The van der Waals surface area contributed by atoms with E-state index in [9.17, 15) is 4.79 Å². The highest BCUT2D eigenvalue weighted by Crippen LogP contribution is 2.11. The maximum atomic E-state index is 10.3. The highest BCUT2D eigenvalue weighted by atomic mass is 16.5. The number of aliphatic carboxylic acids is 1. The number of rotatable bonds is 3. The van der Waals surface area contributed by atoms with Gasteiger partial charge in [-0.1, -0.05) is 0 Å². The summed E-state index contributed by atoms with van der Waals surface area (Å²) in [5, 5.41) is 11.5. The number of nitrogens with one attached hydrogen (secondary N) is 1. The van der Waals surface area contributed by atoms with E-state index in [-0.39, 0.29) is 18.6 Å². The van der Waals surface area contributed by atoms with Crippen LogP contribution in [0.15, 0.2) is 0 Å². The minimum Gasteiger partial charge on any atom is -0.481 e. The second-order valence-electron chi connectivity index (χ2n) is 2.80. The van der Waals surface area contributed by atoms with Crippen molar-refractivity contribution in [3.05, 3.63) is 0 Å². The summed E-state index contributed by atoms with van der Waals surface area (Å²) >= 11 is 0. The number of hydrogen-bond acceptors (Lipinski definition) is 3. The zero-order valence-electron chi connectivity index (χ0n) is 6.54. The Morgan fingerprint density at radius 2 is 2.55 bits per heavy atom. The Labute approximate surface area is 65.5 Å². The lowest BCUT2D eigenvalue weighted by Crippen LogP contribution is -2.24. The van der Waals surface area contributed by atoms with Gasteiger partial charge < -0.3 is 15.2 Å². The lowest BCUT2D eigenvalue weighted by Gasteiger charge is -2.05. The topological polar surface area (TPSA) is 58.6 Å². The van der Waals surface area contributed by atoms with E-state index < -0.39 is 5.97 Å². The fourth-order valence-corrected chi connectivity index (χ4v) is 1.33. The average molecular weight is 159 g/mol. The van der Waals surface area contributed by atoms with Crippen molar-refractivity contribution in [2.75, 3.05) is 13.7 Å². The molecule has 0 radical (unpaired) electrons. The number of hydrogen-bond donors (Lipinski definition) is 2. The first-order chi connectivity index (χ1) is 5.22. The lowest BCUT2D eigenvalue weighted by molar-refractivity contribution is -0.137. The van der Waals surface area contributed by atoms with Gasteiger partial charge in [0.15, 0.2) is 0 Å². The van der Waals surface area contributed by atoms with E-state index in [0.717, 1.165) is 13.0 Å². The predicted molar refractivity (Wildman–Crippen MR) is 39.5 cm³/mol. The Morgan fingerprint density at radius 1 is 1.82 bits per heavy atom. The summed E-state index contributed by atoms with van der Waals surface area (Å²) in [4.78, 5) is 10.3. The highest BCUT2D eigenvalue weighted by molar-refractivity contribution is 5.67. The summed E-state index contributed by atoms with van der Waals surface area (Å²) in [6.45, 7) is 0.772. The van der Waals surface area contributed by atoms with Crippen LogP contribution in [-0.2, 0) is 9.53 Å². The third kappa shape index (κ3) is 2.48. The van der Waals surface area contributed by atoms with E-state index in [4.69, 9.17) is 9.84 Å². The van der Waals surface area contributed by atoms with Gasteiger partial charge >= 0.3 is 5.97 Å². The largest absolute Gasteiger partial charge is 0.481 e. The summed E-state index contributed by atoms with van der Waals surface area (Å²) in [7, 11) is 1.65. The fraction of sp³-hybridized carbons (Fsp3) is 0.857. The Balaban J connectivity index is 2.24. The van der Waals surface area contributed by atoms with Crippen LogP contribution in [0.25, 0.3) is 0 Å². The molecule has 2 N–H and O–H groups in total. The number of carbonyl (C=O) groups is 1. The van der Waals surface area contributed by atoms with Crippen LogP contribution in [0.2, 0.25) is 0 Å². The molecule has 0 saturated carbocycles. The van der Waals surface area contributed by atoms with Gasteiger partial charge in [0.1, 0.15) is 0 Å². The van der Waals surface area contributed by atoms with Crippen LogP contribution in [0, 0.1) is 0 Å². The molecule has 2 unspecified atom stereocenters. The second-order valence-corrected chi connectivity index (χ2v) is 2.80. The second kappa shape index (κ2) is 3.69. The summed E-state index contributed by atoms with van der Waals surface area (Å²) in [5.74, 6) is -0.751. The van der Waals surface area contributed by atoms with Crippen LogP contribution in [0.3, 0.4) is 0 Å². The fourth-order valence-electron chi connectivity index (χ4n) is 1.33. The molecule has 0 amide bonds. The third-order valence-corrected chi connectivity index (χ3v) is 1.94. The van der Waals surface area contributed by atoms with E-state index >= 15 is 0 Å². The first-order valence-corrected chi connectivity index (χ1v) is 3.70. The SMILES string of the molecule is COC1CNC(CC(=O)O)C1. The van der Waals surface area contributed by atoms with Crippen LogP contribution in [0.5, 0.6) is 0 Å². The molecule has 1 rings (SSSR count). The highest BCUT2D eigenvalue weighted by Gasteiger charge is 2.25. The molecule has 2 atom stereocenters. The molecule has 0 aromatic heterocycles. The van der Waals surface area contributed by atoms with Gasteiger partial charge in [0, 0.05) is 19.7 Å². The van der Waals surface area contributed by atoms with Crippen LogP contribution >= 0.6 is 0 Å². The van der Waals surface area contributed by atoms with Crippen LogP contribution in [-0.4, -0.2) is 36.9 Å². The molecule has 0 bridgehead atoms. The number of ether oxygens (including phenoxy) is 1. The van der Waals surface area contributed by atoms with E-state index in [1.54, 1.807) is 7.11 Å². The molecule has 0 aromatic rings. The summed E-state index contributed by atoms with van der Waals surface area (Å²) in [6, 6.07) is 0.0949. The van der Waals surface area contributed by atoms with Crippen molar-refractivity contribution in [1.29, 1.82) is 0 Å². The van der Waals surface area contributed by atoms with Gasteiger partial charge in [-0.3, -0.25) is 4.79 Å². The van der Waals surface area contributed by atoms with Gasteiger partial charge in [0.2, 0.25) is 0 Å². The van der Waals surface area contributed by atoms with Crippen molar-refractivity contribution in [2.45, 2.75) is 25.0 Å². The van der Waals surface area contributed by atoms with Crippen molar-refractivity contribution in [2.24, 2.45) is 0 Å². The Hall–Kier alpha value is -0.610. The summed E-state index contributed by atoms with van der Waals surface area (Å²) in [6.07, 6.45) is 1.20. The molecule has 1 aliphatic heterocycles. The zero-order chi connectivity index (χ0) is 8.27. The van der Waals surface area contributed by atoms with Crippen LogP contribution in [0.4, 0.5) is 0 Å². The van der Waals surface area contributed by atoms with Gasteiger partial charge in [-0.25, -0.2) is 0 Å². The zero-order valence-corrected chi connectivity index (χ0v) is 6.54. The molecular formula is C7H13NO3. The monoisotopic (exact) mass is 159 g/mol. The first-order valence-electron chi connectivity index (χ1n) is 3.70. The quantitative estimate of drug-likeness (QED) is 0.600. The molecule has 1 heterocycles.